The van der Waals surface area contributed by atoms with Crippen molar-refractivity contribution in [2.45, 2.75) is 34.2 Å². The van der Waals surface area contributed by atoms with E-state index in [1.54, 1.807) is 22.9 Å². The van der Waals surface area contributed by atoms with Crippen LogP contribution in [0.15, 0.2) is 30.3 Å². The molecule has 2 rings (SSSR count). The van der Waals surface area contributed by atoms with Gasteiger partial charge in [0.1, 0.15) is 5.15 Å². The molecule has 144 valence electrons. The van der Waals surface area contributed by atoms with Crippen molar-refractivity contribution in [3.05, 3.63) is 52.3 Å². The predicted octanol–water partition coefficient (Wildman–Crippen LogP) is 4.00. The van der Waals surface area contributed by atoms with E-state index in [0.717, 1.165) is 11.3 Å². The number of benzene rings is 1. The summed E-state index contributed by atoms with van der Waals surface area (Å²) < 4.78 is 6.67. The van der Waals surface area contributed by atoms with Gasteiger partial charge in [0.15, 0.2) is 6.61 Å². The molecule has 1 heterocycles. The van der Waals surface area contributed by atoms with Crippen LogP contribution in [0.2, 0.25) is 5.15 Å². The molecule has 1 N–H and O–H groups in total. The Labute approximate surface area is 164 Å². The number of ether oxygens (including phenoxy) is 1. The normalized spacial score (nSPS) is 11.2. The van der Waals surface area contributed by atoms with Crippen molar-refractivity contribution in [3.8, 4) is 0 Å². The average Bonchev–Trinajstić information content (AvgIpc) is 2.86. The highest BCUT2D eigenvalue weighted by molar-refractivity contribution is 6.31. The molecule has 2 aromatic rings. The molecule has 1 amide bonds. The van der Waals surface area contributed by atoms with E-state index in [0.29, 0.717) is 28.9 Å². The number of rotatable bonds is 7. The van der Waals surface area contributed by atoms with Crippen LogP contribution in [-0.2, 0) is 20.9 Å². The second-order valence-corrected chi connectivity index (χ2v) is 7.08. The van der Waals surface area contributed by atoms with Crippen LogP contribution in [-0.4, -0.2) is 28.3 Å². The lowest BCUT2D eigenvalue weighted by Crippen LogP contribution is -2.20. The van der Waals surface area contributed by atoms with Gasteiger partial charge in [-0.2, -0.15) is 5.10 Å². The number of nitrogens with zero attached hydrogens (tertiary/aromatic N) is 2. The fourth-order valence-corrected chi connectivity index (χ4v) is 2.70. The first kappa shape index (κ1) is 20.7. The predicted molar refractivity (Wildman–Crippen MR) is 107 cm³/mol. The molecule has 27 heavy (non-hydrogen) atoms. The number of anilines is 1. The maximum atomic E-state index is 11.9. The van der Waals surface area contributed by atoms with Gasteiger partial charge in [0.2, 0.25) is 0 Å². The number of aromatic nitrogens is 2. The summed E-state index contributed by atoms with van der Waals surface area (Å²) in [6.45, 7) is 8.25. The number of esters is 1. The summed E-state index contributed by atoms with van der Waals surface area (Å²) in [5.41, 5.74) is 3.13. The first-order valence-corrected chi connectivity index (χ1v) is 9.08. The number of hydrogen-bond acceptors (Lipinski definition) is 4. The van der Waals surface area contributed by atoms with Gasteiger partial charge in [-0.15, -0.1) is 0 Å². The zero-order valence-electron chi connectivity index (χ0n) is 16.0. The van der Waals surface area contributed by atoms with E-state index >= 15 is 0 Å². The standard InChI is InChI=1S/C20H24ClN3O3/c1-13(2)11-24-20(21)17(15(4)23-24)9-10-19(26)27-12-18(25)22-16-7-5-14(3)6-8-16/h5-10,13H,11-12H2,1-4H3,(H,22,25)/b10-9+. The van der Waals surface area contributed by atoms with Crippen molar-refractivity contribution in [1.29, 1.82) is 0 Å². The maximum Gasteiger partial charge on any atom is 0.331 e. The Morgan fingerprint density at radius 3 is 2.56 bits per heavy atom. The molecule has 1 aromatic carbocycles. The van der Waals surface area contributed by atoms with E-state index in [-0.39, 0.29) is 6.61 Å². The van der Waals surface area contributed by atoms with E-state index in [2.05, 4.69) is 24.3 Å². The van der Waals surface area contributed by atoms with Gasteiger partial charge in [-0.3, -0.25) is 9.48 Å². The zero-order chi connectivity index (χ0) is 20.0. The lowest BCUT2D eigenvalue weighted by molar-refractivity contribution is -0.142. The fourth-order valence-electron chi connectivity index (χ4n) is 2.39. The van der Waals surface area contributed by atoms with Crippen LogP contribution in [0.1, 0.15) is 30.7 Å². The molecule has 0 bridgehead atoms. The third kappa shape index (κ3) is 6.25. The van der Waals surface area contributed by atoms with Gasteiger partial charge in [-0.1, -0.05) is 43.1 Å². The molecule has 0 unspecified atom stereocenters. The van der Waals surface area contributed by atoms with E-state index in [1.807, 2.05) is 26.0 Å². The second-order valence-electron chi connectivity index (χ2n) is 6.72. The van der Waals surface area contributed by atoms with Crippen LogP contribution in [0.25, 0.3) is 6.08 Å². The largest absolute Gasteiger partial charge is 0.452 e. The Hall–Kier alpha value is -2.60. The van der Waals surface area contributed by atoms with Gasteiger partial charge >= 0.3 is 5.97 Å². The molecule has 0 saturated carbocycles. The molecule has 0 spiro atoms. The molecule has 7 heteroatoms. The van der Waals surface area contributed by atoms with Gasteiger partial charge in [0.05, 0.1) is 5.69 Å². The minimum atomic E-state index is -0.624. The summed E-state index contributed by atoms with van der Waals surface area (Å²) in [5, 5.41) is 7.51. The third-order valence-electron chi connectivity index (χ3n) is 3.71. The van der Waals surface area contributed by atoms with Crippen molar-refractivity contribution in [2.24, 2.45) is 5.92 Å². The molecule has 0 atom stereocenters. The molecule has 0 aliphatic rings. The molecule has 0 saturated heterocycles. The van der Waals surface area contributed by atoms with Gasteiger partial charge in [0.25, 0.3) is 5.91 Å². The molecule has 0 aliphatic carbocycles. The quantitative estimate of drug-likeness (QED) is 0.573. The number of halogens is 1. The average molecular weight is 390 g/mol. The zero-order valence-corrected chi connectivity index (χ0v) is 16.7. The van der Waals surface area contributed by atoms with Crippen molar-refractivity contribution in [2.75, 3.05) is 11.9 Å². The number of aryl methyl sites for hydroxylation is 2. The Kier molecular flexibility index (Phi) is 7.19. The number of carbonyl (C=O) groups is 2. The summed E-state index contributed by atoms with van der Waals surface area (Å²) in [5.74, 6) is -0.628. The lowest BCUT2D eigenvalue weighted by Gasteiger charge is -2.06. The van der Waals surface area contributed by atoms with Gasteiger partial charge in [0, 0.05) is 23.9 Å². The lowest BCUT2D eigenvalue weighted by atomic mass is 10.2. The van der Waals surface area contributed by atoms with E-state index in [1.165, 1.54) is 6.08 Å². The smallest absolute Gasteiger partial charge is 0.331 e. The number of nitrogens with one attached hydrogen (secondary N) is 1. The SMILES string of the molecule is Cc1ccc(NC(=O)COC(=O)/C=C/c2c(C)nn(CC(C)C)c2Cl)cc1. The number of hydrogen-bond donors (Lipinski definition) is 1. The first-order chi connectivity index (χ1) is 12.8. The minimum absolute atomic E-state index is 0.365. The van der Waals surface area contributed by atoms with Crippen LogP contribution in [0.4, 0.5) is 5.69 Å². The minimum Gasteiger partial charge on any atom is -0.452 e. The summed E-state index contributed by atoms with van der Waals surface area (Å²) in [6.07, 6.45) is 2.80. The highest BCUT2D eigenvalue weighted by Gasteiger charge is 2.13. The summed E-state index contributed by atoms with van der Waals surface area (Å²) in [7, 11) is 0. The van der Waals surface area contributed by atoms with Crippen LogP contribution >= 0.6 is 11.6 Å². The van der Waals surface area contributed by atoms with Crippen LogP contribution in [0.5, 0.6) is 0 Å². The molecular formula is C20H24ClN3O3. The highest BCUT2D eigenvalue weighted by atomic mass is 35.5. The monoisotopic (exact) mass is 389 g/mol. The molecule has 0 radical (unpaired) electrons. The van der Waals surface area contributed by atoms with Gasteiger partial charge in [-0.05, 0) is 38.0 Å². The van der Waals surface area contributed by atoms with Crippen molar-refractivity contribution in [3.63, 3.8) is 0 Å². The second kappa shape index (κ2) is 9.37. The molecule has 1 aromatic heterocycles. The topological polar surface area (TPSA) is 73.2 Å². The van der Waals surface area contributed by atoms with E-state index in [4.69, 9.17) is 16.3 Å². The molecule has 0 aliphatic heterocycles. The van der Waals surface area contributed by atoms with Crippen LogP contribution < -0.4 is 5.32 Å². The van der Waals surface area contributed by atoms with E-state index in [9.17, 15) is 9.59 Å². The van der Waals surface area contributed by atoms with Gasteiger partial charge < -0.3 is 10.1 Å². The highest BCUT2D eigenvalue weighted by Crippen LogP contribution is 2.22. The molecule has 6 nitrogen and oxygen atoms in total. The van der Waals surface area contributed by atoms with Gasteiger partial charge in [-0.25, -0.2) is 4.79 Å². The van der Waals surface area contributed by atoms with Crippen molar-refractivity contribution >= 4 is 35.2 Å². The summed E-state index contributed by atoms with van der Waals surface area (Å²) >= 11 is 6.32. The molecular weight excluding hydrogens is 366 g/mol. The maximum absolute atomic E-state index is 11.9. The van der Waals surface area contributed by atoms with Crippen LogP contribution in [0, 0.1) is 19.8 Å². The Morgan fingerprint density at radius 2 is 1.93 bits per heavy atom. The summed E-state index contributed by atoms with van der Waals surface area (Å²) in [6, 6.07) is 7.34. The fraction of sp³-hybridized carbons (Fsp3) is 0.350. The molecule has 0 fully saturated rings. The Morgan fingerprint density at radius 1 is 1.26 bits per heavy atom. The van der Waals surface area contributed by atoms with E-state index < -0.39 is 11.9 Å². The summed E-state index contributed by atoms with van der Waals surface area (Å²) in [4.78, 5) is 23.7. The number of amides is 1. The Bertz CT molecular complexity index is 839. The first-order valence-electron chi connectivity index (χ1n) is 8.70. The van der Waals surface area contributed by atoms with Crippen molar-refractivity contribution in [1.82, 2.24) is 9.78 Å². The third-order valence-corrected chi connectivity index (χ3v) is 4.11. The van der Waals surface area contributed by atoms with Crippen LogP contribution in [0.3, 0.4) is 0 Å². The number of carbonyl (C=O) groups excluding carboxylic acids is 2. The Balaban J connectivity index is 1.89. The van der Waals surface area contributed by atoms with Crippen molar-refractivity contribution < 1.29 is 14.3 Å².